The summed E-state index contributed by atoms with van der Waals surface area (Å²) in [6.45, 7) is 0. The van der Waals surface area contributed by atoms with Gasteiger partial charge >= 0.3 is 0 Å². The fourth-order valence-corrected chi connectivity index (χ4v) is 4.70. The van der Waals surface area contributed by atoms with E-state index in [0.29, 0.717) is 5.56 Å². The topological polar surface area (TPSA) is 104 Å². The summed E-state index contributed by atoms with van der Waals surface area (Å²) >= 11 is 6.23. The van der Waals surface area contributed by atoms with Crippen LogP contribution in [0.2, 0.25) is 5.02 Å². The first-order valence-electron chi connectivity index (χ1n) is 11.5. The van der Waals surface area contributed by atoms with Crippen molar-refractivity contribution >= 4 is 34.7 Å². The van der Waals surface area contributed by atoms with Crippen LogP contribution in [0.3, 0.4) is 0 Å². The summed E-state index contributed by atoms with van der Waals surface area (Å²) < 4.78 is 40.8. The van der Waals surface area contributed by atoms with Crippen molar-refractivity contribution in [3.8, 4) is 28.7 Å². The van der Waals surface area contributed by atoms with Gasteiger partial charge in [-0.1, -0.05) is 11.6 Å². The Morgan fingerprint density at radius 3 is 1.90 bits per heavy atom. The van der Waals surface area contributed by atoms with E-state index in [2.05, 4.69) is 0 Å². The maximum absolute atomic E-state index is 13.8. The van der Waals surface area contributed by atoms with Gasteiger partial charge in [0.2, 0.25) is 5.75 Å². The third-order valence-corrected chi connectivity index (χ3v) is 6.58. The van der Waals surface area contributed by atoms with Crippen molar-refractivity contribution in [1.82, 2.24) is 0 Å². The van der Waals surface area contributed by atoms with Crippen molar-refractivity contribution in [2.45, 2.75) is 6.04 Å². The van der Waals surface area contributed by atoms with E-state index in [9.17, 15) is 19.1 Å². The minimum absolute atomic E-state index is 0.0632. The molecule has 1 aliphatic rings. The Labute approximate surface area is 228 Å². The molecule has 4 rings (SSSR count). The van der Waals surface area contributed by atoms with Gasteiger partial charge in [0.15, 0.2) is 11.5 Å². The molecule has 1 unspecified atom stereocenters. The molecule has 11 heteroatoms. The van der Waals surface area contributed by atoms with E-state index in [-0.39, 0.29) is 50.6 Å². The van der Waals surface area contributed by atoms with Crippen LogP contribution in [0, 0.1) is 5.82 Å². The second-order valence-corrected chi connectivity index (χ2v) is 8.70. The molecule has 3 aromatic rings. The molecule has 204 valence electrons. The normalized spacial score (nSPS) is 16.3. The molecular formula is C28H25ClFNO8. The van der Waals surface area contributed by atoms with Gasteiger partial charge in [-0.2, -0.15) is 0 Å². The molecule has 0 bridgehead atoms. The maximum Gasteiger partial charge on any atom is 0.300 e. The van der Waals surface area contributed by atoms with Crippen LogP contribution < -0.4 is 28.6 Å². The molecule has 1 aliphatic heterocycles. The first-order valence-corrected chi connectivity index (χ1v) is 11.9. The summed E-state index contributed by atoms with van der Waals surface area (Å²) in [6.07, 6.45) is 0. The van der Waals surface area contributed by atoms with Crippen LogP contribution >= 0.6 is 11.6 Å². The lowest BCUT2D eigenvalue weighted by Crippen LogP contribution is -2.29. The minimum atomic E-state index is -1.18. The van der Waals surface area contributed by atoms with E-state index in [1.165, 1.54) is 59.8 Å². The third-order valence-electron chi connectivity index (χ3n) is 6.28. The second kappa shape index (κ2) is 11.1. The highest BCUT2D eigenvalue weighted by Crippen LogP contribution is 2.48. The number of aliphatic hydroxyl groups is 1. The second-order valence-electron chi connectivity index (χ2n) is 8.29. The first kappa shape index (κ1) is 27.6. The van der Waals surface area contributed by atoms with E-state index in [0.717, 1.165) is 17.0 Å². The quantitative estimate of drug-likeness (QED) is 0.230. The molecule has 0 radical (unpaired) electrons. The van der Waals surface area contributed by atoms with Gasteiger partial charge in [-0.25, -0.2) is 4.39 Å². The molecule has 39 heavy (non-hydrogen) atoms. The maximum atomic E-state index is 13.8. The Hall–Kier alpha value is -4.44. The number of halogens is 2. The predicted molar refractivity (Wildman–Crippen MR) is 142 cm³/mol. The minimum Gasteiger partial charge on any atom is -0.507 e. The molecule has 9 nitrogen and oxygen atoms in total. The van der Waals surface area contributed by atoms with Crippen LogP contribution in [-0.4, -0.2) is 52.3 Å². The number of benzene rings is 3. The number of anilines is 1. The molecule has 3 aromatic carbocycles. The van der Waals surface area contributed by atoms with Gasteiger partial charge in [0.05, 0.1) is 57.8 Å². The standard InChI is InChI=1S/C28H25ClFNO8/c1-35-19-13-18(29)20(36-2)12-17(19)25(32)23-24(14-10-21(37-3)27(39-5)22(11-14)38-4)31(28(34)26(23)33)16-8-6-15(30)7-9-16/h6-13,24,32H,1-5H3/b25-23+. The molecule has 0 aliphatic carbocycles. The summed E-state index contributed by atoms with van der Waals surface area (Å²) in [6, 6.07) is 9.78. The summed E-state index contributed by atoms with van der Waals surface area (Å²) in [5, 5.41) is 11.8. The number of methoxy groups -OCH3 is 5. The van der Waals surface area contributed by atoms with Crippen LogP contribution in [0.1, 0.15) is 17.2 Å². The number of nitrogens with zero attached hydrogens (tertiary/aromatic N) is 1. The Balaban J connectivity index is 2.06. The largest absolute Gasteiger partial charge is 0.507 e. The fraction of sp³-hybridized carbons (Fsp3) is 0.214. The molecule has 1 heterocycles. The highest BCUT2D eigenvalue weighted by atomic mass is 35.5. The zero-order chi connectivity index (χ0) is 28.4. The predicted octanol–water partition coefficient (Wildman–Crippen LogP) is 5.15. The van der Waals surface area contributed by atoms with Gasteiger partial charge in [-0.3, -0.25) is 14.5 Å². The lowest BCUT2D eigenvalue weighted by Gasteiger charge is -2.26. The molecule has 1 atom stereocenters. The van der Waals surface area contributed by atoms with E-state index in [1.54, 1.807) is 12.1 Å². The van der Waals surface area contributed by atoms with Crippen LogP contribution in [0.4, 0.5) is 10.1 Å². The van der Waals surface area contributed by atoms with Gasteiger partial charge in [0.1, 0.15) is 23.1 Å². The molecule has 0 spiro atoms. The summed E-state index contributed by atoms with van der Waals surface area (Å²) in [5.41, 5.74) is 0.362. The van der Waals surface area contributed by atoms with E-state index < -0.39 is 29.3 Å². The van der Waals surface area contributed by atoms with E-state index in [4.69, 9.17) is 35.3 Å². The highest BCUT2D eigenvalue weighted by molar-refractivity contribution is 6.51. The highest BCUT2D eigenvalue weighted by Gasteiger charge is 2.48. The average molecular weight is 558 g/mol. The number of carbonyl (C=O) groups excluding carboxylic acids is 2. The summed E-state index contributed by atoms with van der Waals surface area (Å²) in [4.78, 5) is 28.2. The van der Waals surface area contributed by atoms with Gasteiger partial charge in [-0.15, -0.1) is 0 Å². The molecule has 1 saturated heterocycles. The van der Waals surface area contributed by atoms with Crippen molar-refractivity contribution in [2.24, 2.45) is 0 Å². The number of hydrogen-bond acceptors (Lipinski definition) is 8. The number of aliphatic hydroxyl groups excluding tert-OH is 1. The van der Waals surface area contributed by atoms with Crippen LogP contribution in [0.15, 0.2) is 54.1 Å². The number of carbonyl (C=O) groups is 2. The monoisotopic (exact) mass is 557 g/mol. The molecule has 0 saturated carbocycles. The number of Topliss-reactive ketones (excluding diaryl/α,β-unsaturated/α-hetero) is 1. The zero-order valence-electron chi connectivity index (χ0n) is 21.7. The van der Waals surface area contributed by atoms with Crippen molar-refractivity contribution < 1.29 is 42.8 Å². The number of ketones is 1. The smallest absolute Gasteiger partial charge is 0.300 e. The van der Waals surface area contributed by atoms with Crippen molar-refractivity contribution in [2.75, 3.05) is 40.4 Å². The SMILES string of the molecule is COc1cc(/C(O)=C2\C(=O)C(=O)N(c3ccc(F)cc3)C2c2cc(OC)c(OC)c(OC)c2)c(OC)cc1Cl. The molecule has 1 amide bonds. The number of ether oxygens (including phenoxy) is 5. The molecular weight excluding hydrogens is 533 g/mol. The van der Waals surface area contributed by atoms with E-state index >= 15 is 0 Å². The third kappa shape index (κ3) is 4.79. The van der Waals surface area contributed by atoms with Gasteiger partial charge in [0, 0.05) is 11.8 Å². The van der Waals surface area contributed by atoms with Crippen LogP contribution in [0.5, 0.6) is 28.7 Å². The van der Waals surface area contributed by atoms with Crippen LogP contribution in [-0.2, 0) is 9.59 Å². The van der Waals surface area contributed by atoms with Crippen LogP contribution in [0.25, 0.3) is 5.76 Å². The summed E-state index contributed by atoms with van der Waals surface area (Å²) in [5.74, 6) is -1.86. The Morgan fingerprint density at radius 1 is 0.821 bits per heavy atom. The number of rotatable bonds is 8. The fourth-order valence-electron chi connectivity index (χ4n) is 4.47. The van der Waals surface area contributed by atoms with Gasteiger partial charge in [-0.05, 0) is 48.0 Å². The lowest BCUT2D eigenvalue weighted by molar-refractivity contribution is -0.132. The molecule has 0 aromatic heterocycles. The van der Waals surface area contributed by atoms with Gasteiger partial charge < -0.3 is 28.8 Å². The molecule has 1 fully saturated rings. The lowest BCUT2D eigenvalue weighted by atomic mass is 9.94. The van der Waals surface area contributed by atoms with Gasteiger partial charge in [0.25, 0.3) is 11.7 Å². The molecule has 1 N–H and O–H groups in total. The Bertz CT molecular complexity index is 1450. The van der Waals surface area contributed by atoms with Crippen molar-refractivity contribution in [3.05, 3.63) is 76.1 Å². The first-order chi connectivity index (χ1) is 18.7. The van der Waals surface area contributed by atoms with Crippen molar-refractivity contribution in [1.29, 1.82) is 0 Å². The Morgan fingerprint density at radius 2 is 1.38 bits per heavy atom. The van der Waals surface area contributed by atoms with E-state index in [1.807, 2.05) is 0 Å². The summed E-state index contributed by atoms with van der Waals surface area (Å²) in [7, 11) is 7.03. The number of amides is 1. The van der Waals surface area contributed by atoms with Crippen molar-refractivity contribution in [3.63, 3.8) is 0 Å². The number of hydrogen-bond donors (Lipinski definition) is 1. The average Bonchev–Trinajstić information content (AvgIpc) is 3.21. The zero-order valence-corrected chi connectivity index (χ0v) is 22.5. The Kier molecular flexibility index (Phi) is 7.87.